The quantitative estimate of drug-likeness (QED) is 0.818. The van der Waals surface area contributed by atoms with Crippen molar-refractivity contribution in [2.45, 2.75) is 45.2 Å². The lowest BCUT2D eigenvalue weighted by Crippen LogP contribution is -2.47. The lowest BCUT2D eigenvalue weighted by atomic mass is 9.97. The fourth-order valence-electron chi connectivity index (χ4n) is 3.28. The van der Waals surface area contributed by atoms with E-state index in [9.17, 15) is 4.79 Å². The van der Waals surface area contributed by atoms with E-state index in [1.54, 1.807) is 30.3 Å². The van der Waals surface area contributed by atoms with Crippen LogP contribution in [0.3, 0.4) is 0 Å². The van der Waals surface area contributed by atoms with Gasteiger partial charge in [-0.25, -0.2) is 0 Å². The maximum atomic E-state index is 12.8. The Morgan fingerprint density at radius 1 is 1.22 bits per heavy atom. The number of carbonyl (C=O) groups excluding carboxylic acids is 1. The van der Waals surface area contributed by atoms with Gasteiger partial charge in [0.05, 0.1) is 5.02 Å². The summed E-state index contributed by atoms with van der Waals surface area (Å²) in [4.78, 5) is 14.7. The van der Waals surface area contributed by atoms with E-state index in [2.05, 4.69) is 13.8 Å². The molecule has 4 nitrogen and oxygen atoms in total. The monoisotopic (exact) mass is 332 g/mol. The van der Waals surface area contributed by atoms with Crippen LogP contribution in [0.2, 0.25) is 5.02 Å². The third-order valence-corrected chi connectivity index (χ3v) is 4.83. The van der Waals surface area contributed by atoms with E-state index in [0.29, 0.717) is 27.8 Å². The Morgan fingerprint density at radius 2 is 1.91 bits per heavy atom. The minimum absolute atomic E-state index is 0.0593. The molecule has 0 bridgehead atoms. The van der Waals surface area contributed by atoms with Gasteiger partial charge in [-0.05, 0) is 63.4 Å². The highest BCUT2D eigenvalue weighted by Crippen LogP contribution is 2.32. The van der Waals surface area contributed by atoms with Crippen LogP contribution in [-0.4, -0.2) is 22.9 Å². The molecule has 2 atom stereocenters. The Bertz CT molecular complexity index is 716. The second-order valence-electron chi connectivity index (χ2n) is 6.24. The molecule has 122 valence electrons. The minimum Gasteiger partial charge on any atom is -0.451 e. The molecular formula is C18H21ClN2O2. The van der Waals surface area contributed by atoms with Crippen molar-refractivity contribution < 1.29 is 9.21 Å². The highest BCUT2D eigenvalue weighted by atomic mass is 35.5. The van der Waals surface area contributed by atoms with Gasteiger partial charge in [0.25, 0.3) is 5.91 Å². The fourth-order valence-corrected chi connectivity index (χ4v) is 3.49. The van der Waals surface area contributed by atoms with E-state index in [1.807, 2.05) is 4.90 Å². The molecule has 0 spiro atoms. The highest BCUT2D eigenvalue weighted by Gasteiger charge is 2.31. The predicted octanol–water partition coefficient (Wildman–Crippen LogP) is 4.59. The van der Waals surface area contributed by atoms with Crippen molar-refractivity contribution >= 4 is 23.2 Å². The first-order valence-electron chi connectivity index (χ1n) is 7.95. The number of carbonyl (C=O) groups is 1. The first-order valence-corrected chi connectivity index (χ1v) is 8.33. The van der Waals surface area contributed by atoms with Crippen LogP contribution in [-0.2, 0) is 0 Å². The summed E-state index contributed by atoms with van der Waals surface area (Å²) in [5.41, 5.74) is 7.11. The summed E-state index contributed by atoms with van der Waals surface area (Å²) in [5, 5.41) is 0.548. The molecule has 1 amide bonds. The molecule has 1 aromatic carbocycles. The predicted molar refractivity (Wildman–Crippen MR) is 92.5 cm³/mol. The number of amides is 1. The molecule has 1 fully saturated rings. The summed E-state index contributed by atoms with van der Waals surface area (Å²) in [5.74, 6) is 0.845. The number of anilines is 1. The van der Waals surface area contributed by atoms with Gasteiger partial charge in [0, 0.05) is 23.3 Å². The molecule has 1 aromatic heterocycles. The van der Waals surface area contributed by atoms with Gasteiger partial charge >= 0.3 is 0 Å². The molecule has 0 aliphatic carbocycles. The second kappa shape index (κ2) is 6.28. The van der Waals surface area contributed by atoms with Crippen LogP contribution in [0.1, 0.15) is 43.7 Å². The van der Waals surface area contributed by atoms with Gasteiger partial charge in [0.2, 0.25) is 0 Å². The second-order valence-corrected chi connectivity index (χ2v) is 6.65. The van der Waals surface area contributed by atoms with Crippen LogP contribution >= 0.6 is 11.6 Å². The SMILES string of the molecule is C[C@@H]1CCC[C@@H](C)N1C(=O)c1ccc(-c2cc(N)ccc2Cl)o1. The number of hydrogen-bond donors (Lipinski definition) is 1. The van der Waals surface area contributed by atoms with Crippen molar-refractivity contribution in [2.24, 2.45) is 0 Å². The average molecular weight is 333 g/mol. The van der Waals surface area contributed by atoms with E-state index < -0.39 is 0 Å². The Balaban J connectivity index is 1.89. The van der Waals surface area contributed by atoms with Crippen LogP contribution in [0.5, 0.6) is 0 Å². The molecule has 2 aromatic rings. The summed E-state index contributed by atoms with van der Waals surface area (Å²) in [6.45, 7) is 4.18. The van der Waals surface area contributed by atoms with E-state index >= 15 is 0 Å². The number of nitrogen functional groups attached to an aromatic ring is 1. The summed E-state index contributed by atoms with van der Waals surface area (Å²) in [6, 6.07) is 9.16. The van der Waals surface area contributed by atoms with Gasteiger partial charge in [0.15, 0.2) is 5.76 Å². The first-order chi connectivity index (χ1) is 11.0. The van der Waals surface area contributed by atoms with Crippen molar-refractivity contribution in [2.75, 3.05) is 5.73 Å². The maximum Gasteiger partial charge on any atom is 0.290 e. The standard InChI is InChI=1S/C18H21ClN2O2/c1-11-4-3-5-12(2)21(11)18(22)17-9-8-16(23-17)14-10-13(20)6-7-15(14)19/h6-12H,3-5,20H2,1-2H3/t11-,12-/m1/s1. The first kappa shape index (κ1) is 15.9. The summed E-state index contributed by atoms with van der Waals surface area (Å²) in [6.07, 6.45) is 3.23. The lowest BCUT2D eigenvalue weighted by molar-refractivity contribution is 0.0479. The molecule has 2 N–H and O–H groups in total. The molecule has 2 heterocycles. The number of nitrogens with zero attached hydrogens (tertiary/aromatic N) is 1. The van der Waals surface area contributed by atoms with E-state index in [-0.39, 0.29) is 18.0 Å². The Labute approximate surface area is 141 Å². The van der Waals surface area contributed by atoms with Crippen molar-refractivity contribution in [3.8, 4) is 11.3 Å². The third-order valence-electron chi connectivity index (χ3n) is 4.50. The Hall–Kier alpha value is -1.94. The topological polar surface area (TPSA) is 59.5 Å². The zero-order valence-corrected chi connectivity index (χ0v) is 14.1. The molecular weight excluding hydrogens is 312 g/mol. The van der Waals surface area contributed by atoms with E-state index in [1.165, 1.54) is 0 Å². The van der Waals surface area contributed by atoms with E-state index in [4.69, 9.17) is 21.8 Å². The molecule has 0 saturated carbocycles. The third kappa shape index (κ3) is 3.08. The number of likely N-dealkylation sites (tertiary alicyclic amines) is 1. The van der Waals surface area contributed by atoms with Crippen molar-refractivity contribution in [3.05, 3.63) is 41.1 Å². The van der Waals surface area contributed by atoms with E-state index in [0.717, 1.165) is 19.3 Å². The number of piperidine rings is 1. The molecule has 1 aliphatic rings. The zero-order valence-electron chi connectivity index (χ0n) is 13.4. The number of nitrogens with two attached hydrogens (primary N) is 1. The summed E-state index contributed by atoms with van der Waals surface area (Å²) >= 11 is 6.20. The highest BCUT2D eigenvalue weighted by molar-refractivity contribution is 6.33. The molecule has 0 radical (unpaired) electrons. The van der Waals surface area contributed by atoms with Gasteiger partial charge < -0.3 is 15.1 Å². The fraction of sp³-hybridized carbons (Fsp3) is 0.389. The molecule has 0 unspecified atom stereocenters. The molecule has 1 saturated heterocycles. The Kier molecular flexibility index (Phi) is 4.35. The zero-order chi connectivity index (χ0) is 16.6. The van der Waals surface area contributed by atoms with Crippen molar-refractivity contribution in [1.29, 1.82) is 0 Å². The van der Waals surface area contributed by atoms with Gasteiger partial charge in [-0.15, -0.1) is 0 Å². The van der Waals surface area contributed by atoms with Crippen LogP contribution < -0.4 is 5.73 Å². The van der Waals surface area contributed by atoms with Gasteiger partial charge in [-0.1, -0.05) is 11.6 Å². The molecule has 23 heavy (non-hydrogen) atoms. The van der Waals surface area contributed by atoms with Gasteiger partial charge in [-0.3, -0.25) is 4.79 Å². The molecule has 1 aliphatic heterocycles. The lowest BCUT2D eigenvalue weighted by Gasteiger charge is -2.38. The van der Waals surface area contributed by atoms with Crippen molar-refractivity contribution in [1.82, 2.24) is 4.90 Å². The van der Waals surface area contributed by atoms with Crippen LogP contribution in [0.25, 0.3) is 11.3 Å². The normalized spacial score (nSPS) is 21.4. The summed E-state index contributed by atoms with van der Waals surface area (Å²) in [7, 11) is 0. The number of benzene rings is 1. The molecule has 3 rings (SSSR count). The number of hydrogen-bond acceptors (Lipinski definition) is 3. The van der Waals surface area contributed by atoms with Gasteiger partial charge in [0.1, 0.15) is 5.76 Å². The minimum atomic E-state index is -0.0593. The average Bonchev–Trinajstić information content (AvgIpc) is 2.99. The van der Waals surface area contributed by atoms with Crippen molar-refractivity contribution in [3.63, 3.8) is 0 Å². The number of furan rings is 1. The summed E-state index contributed by atoms with van der Waals surface area (Å²) < 4.78 is 5.79. The van der Waals surface area contributed by atoms with Crippen LogP contribution in [0.15, 0.2) is 34.7 Å². The molecule has 5 heteroatoms. The van der Waals surface area contributed by atoms with Gasteiger partial charge in [-0.2, -0.15) is 0 Å². The van der Waals surface area contributed by atoms with Crippen LogP contribution in [0.4, 0.5) is 5.69 Å². The number of rotatable bonds is 2. The largest absolute Gasteiger partial charge is 0.451 e. The number of halogens is 1. The van der Waals surface area contributed by atoms with Crippen LogP contribution in [0, 0.1) is 0 Å². The maximum absolute atomic E-state index is 12.8. The Morgan fingerprint density at radius 3 is 2.61 bits per heavy atom. The smallest absolute Gasteiger partial charge is 0.290 e.